The zero-order valence-electron chi connectivity index (χ0n) is 18.5. The van der Waals surface area contributed by atoms with Gasteiger partial charge in [-0.3, -0.25) is 9.10 Å². The van der Waals surface area contributed by atoms with Gasteiger partial charge in [-0.15, -0.1) is 0 Å². The average Bonchev–Trinajstić information content (AvgIpc) is 2.75. The summed E-state index contributed by atoms with van der Waals surface area (Å²) in [6, 6.07) is 10.1. The molecule has 0 radical (unpaired) electrons. The van der Waals surface area contributed by atoms with Gasteiger partial charge < -0.3 is 23.8 Å². The van der Waals surface area contributed by atoms with Crippen LogP contribution in [0, 0.1) is 0 Å². The Labute approximate surface area is 183 Å². The number of rotatable bonds is 10. The molecule has 31 heavy (non-hydrogen) atoms. The van der Waals surface area contributed by atoms with Gasteiger partial charge in [0, 0.05) is 19.7 Å². The van der Waals surface area contributed by atoms with Crippen LogP contribution in [-0.2, 0) is 21.4 Å². The molecule has 0 aliphatic carbocycles. The van der Waals surface area contributed by atoms with E-state index < -0.39 is 22.5 Å². The fraction of sp³-hybridized carbons (Fsp3) is 0.381. The molecule has 2 aromatic carbocycles. The Bertz CT molecular complexity index is 1020. The fourth-order valence-electron chi connectivity index (χ4n) is 2.96. The molecule has 0 N–H and O–H groups in total. The van der Waals surface area contributed by atoms with Crippen LogP contribution in [0.4, 0.5) is 5.69 Å². The monoisotopic (exact) mass is 452 g/mol. The van der Waals surface area contributed by atoms with Crippen molar-refractivity contribution in [3.8, 4) is 23.0 Å². The Morgan fingerprint density at radius 2 is 1.48 bits per heavy atom. The molecule has 0 fully saturated rings. The number of carbonyl (C=O) groups is 1. The number of sulfonamides is 1. The molecule has 170 valence electrons. The maximum absolute atomic E-state index is 12.9. The third-order valence-corrected chi connectivity index (χ3v) is 5.75. The van der Waals surface area contributed by atoms with Crippen molar-refractivity contribution in [2.75, 3.05) is 52.6 Å². The van der Waals surface area contributed by atoms with Crippen molar-refractivity contribution in [3.63, 3.8) is 0 Å². The van der Waals surface area contributed by atoms with Crippen molar-refractivity contribution < 1.29 is 32.2 Å². The van der Waals surface area contributed by atoms with Gasteiger partial charge in [-0.1, -0.05) is 6.07 Å². The van der Waals surface area contributed by atoms with Crippen LogP contribution in [-0.4, -0.2) is 67.5 Å². The highest BCUT2D eigenvalue weighted by Crippen LogP contribution is 2.34. The van der Waals surface area contributed by atoms with Crippen molar-refractivity contribution in [2.45, 2.75) is 6.54 Å². The number of likely N-dealkylation sites (N-methyl/N-ethyl adjacent to an activating group) is 1. The van der Waals surface area contributed by atoms with E-state index in [0.29, 0.717) is 23.0 Å². The van der Waals surface area contributed by atoms with E-state index in [0.717, 1.165) is 16.1 Å². The van der Waals surface area contributed by atoms with E-state index in [2.05, 4.69) is 0 Å². The first-order valence-electron chi connectivity index (χ1n) is 9.29. The topological polar surface area (TPSA) is 94.6 Å². The smallest absolute Gasteiger partial charge is 0.243 e. The summed E-state index contributed by atoms with van der Waals surface area (Å²) in [5, 5.41) is 0. The third-order valence-electron chi connectivity index (χ3n) is 4.63. The highest BCUT2D eigenvalue weighted by atomic mass is 32.2. The summed E-state index contributed by atoms with van der Waals surface area (Å²) in [7, 11) is 3.79. The number of hydrogen-bond acceptors (Lipinski definition) is 7. The van der Waals surface area contributed by atoms with Gasteiger partial charge in [0.2, 0.25) is 15.9 Å². The molecule has 0 saturated heterocycles. The molecule has 10 heteroatoms. The Kier molecular flexibility index (Phi) is 7.98. The number of nitrogens with zero attached hydrogens (tertiary/aromatic N) is 2. The molecule has 0 aliphatic rings. The summed E-state index contributed by atoms with van der Waals surface area (Å²) < 4.78 is 47.0. The van der Waals surface area contributed by atoms with Crippen molar-refractivity contribution in [3.05, 3.63) is 42.0 Å². The number of methoxy groups -OCH3 is 4. The minimum atomic E-state index is -3.78. The first-order valence-corrected chi connectivity index (χ1v) is 11.1. The number of carbonyl (C=O) groups excluding carboxylic acids is 1. The van der Waals surface area contributed by atoms with E-state index in [4.69, 9.17) is 18.9 Å². The van der Waals surface area contributed by atoms with Gasteiger partial charge in [0.15, 0.2) is 11.5 Å². The number of ether oxygens (including phenoxy) is 4. The molecule has 0 atom stereocenters. The summed E-state index contributed by atoms with van der Waals surface area (Å²) in [6.45, 7) is -0.141. The summed E-state index contributed by atoms with van der Waals surface area (Å²) in [4.78, 5) is 14.3. The molecular formula is C21H28N2O7S. The Morgan fingerprint density at radius 3 is 2.03 bits per heavy atom. The van der Waals surface area contributed by atoms with Gasteiger partial charge >= 0.3 is 0 Å². The molecule has 0 unspecified atom stereocenters. The molecule has 9 nitrogen and oxygen atoms in total. The van der Waals surface area contributed by atoms with E-state index in [1.165, 1.54) is 32.3 Å². The van der Waals surface area contributed by atoms with Crippen LogP contribution in [0.1, 0.15) is 5.56 Å². The maximum Gasteiger partial charge on any atom is 0.243 e. The van der Waals surface area contributed by atoms with Crippen LogP contribution >= 0.6 is 0 Å². The zero-order chi connectivity index (χ0) is 23.2. The molecule has 0 spiro atoms. The van der Waals surface area contributed by atoms with Crippen LogP contribution in [0.15, 0.2) is 36.4 Å². The lowest BCUT2D eigenvalue weighted by Crippen LogP contribution is -2.41. The second-order valence-electron chi connectivity index (χ2n) is 6.75. The summed E-state index contributed by atoms with van der Waals surface area (Å²) in [5.74, 6) is 1.47. The summed E-state index contributed by atoms with van der Waals surface area (Å²) in [5.41, 5.74) is 1.02. The molecule has 2 rings (SSSR count). The normalized spacial score (nSPS) is 10.9. The zero-order valence-corrected chi connectivity index (χ0v) is 19.4. The van der Waals surface area contributed by atoms with Gasteiger partial charge in [-0.05, 0) is 29.8 Å². The predicted octanol–water partition coefficient (Wildman–Crippen LogP) is 2.15. The number of hydrogen-bond donors (Lipinski definition) is 0. The third kappa shape index (κ3) is 5.94. The molecule has 0 heterocycles. The first-order chi connectivity index (χ1) is 14.6. The number of amides is 1. The van der Waals surface area contributed by atoms with Gasteiger partial charge in [0.1, 0.15) is 18.0 Å². The van der Waals surface area contributed by atoms with Crippen LogP contribution < -0.4 is 23.3 Å². The molecule has 2 aromatic rings. The highest BCUT2D eigenvalue weighted by molar-refractivity contribution is 7.92. The molecular weight excluding hydrogens is 424 g/mol. The molecule has 0 aliphatic heterocycles. The van der Waals surface area contributed by atoms with Crippen molar-refractivity contribution >= 4 is 21.6 Å². The van der Waals surface area contributed by atoms with Gasteiger partial charge in [0.05, 0.1) is 40.4 Å². The minimum absolute atomic E-state index is 0.220. The second-order valence-corrected chi connectivity index (χ2v) is 8.65. The number of anilines is 1. The molecule has 0 saturated carbocycles. The Balaban J connectivity index is 2.28. The largest absolute Gasteiger partial charge is 0.497 e. The van der Waals surface area contributed by atoms with Gasteiger partial charge in [-0.25, -0.2) is 8.42 Å². The van der Waals surface area contributed by atoms with E-state index in [1.54, 1.807) is 38.4 Å². The van der Waals surface area contributed by atoms with Crippen molar-refractivity contribution in [2.24, 2.45) is 0 Å². The van der Waals surface area contributed by atoms with Crippen molar-refractivity contribution in [1.82, 2.24) is 4.90 Å². The molecule has 0 bridgehead atoms. The lowest BCUT2D eigenvalue weighted by molar-refractivity contribution is -0.128. The SMILES string of the molecule is COc1ccc(OC)c(N(CC(=O)N(C)Cc2ccc(OC)c(OC)c2)S(C)(=O)=O)c1. The second kappa shape index (κ2) is 10.3. The molecule has 0 aromatic heterocycles. The van der Waals surface area contributed by atoms with E-state index in [-0.39, 0.29) is 12.2 Å². The maximum atomic E-state index is 12.9. The quantitative estimate of drug-likeness (QED) is 0.545. The lowest BCUT2D eigenvalue weighted by Gasteiger charge is -2.26. The van der Waals surface area contributed by atoms with Crippen molar-refractivity contribution in [1.29, 1.82) is 0 Å². The number of benzene rings is 2. The predicted molar refractivity (Wildman–Crippen MR) is 118 cm³/mol. The van der Waals surface area contributed by atoms with Gasteiger partial charge in [0.25, 0.3) is 0 Å². The first kappa shape index (κ1) is 24.1. The minimum Gasteiger partial charge on any atom is -0.497 e. The standard InChI is InChI=1S/C21H28N2O7S/c1-22(13-15-7-9-19(29-4)20(11-15)30-5)21(24)14-23(31(6,25)26)17-12-16(27-2)8-10-18(17)28-3/h7-12H,13-14H2,1-6H3. The van der Waals surface area contributed by atoms with Crippen LogP contribution in [0.5, 0.6) is 23.0 Å². The van der Waals surface area contributed by atoms with E-state index in [1.807, 2.05) is 6.07 Å². The van der Waals surface area contributed by atoms with E-state index >= 15 is 0 Å². The van der Waals surface area contributed by atoms with Crippen LogP contribution in [0.3, 0.4) is 0 Å². The Morgan fingerprint density at radius 1 is 0.871 bits per heavy atom. The molecule has 1 amide bonds. The summed E-state index contributed by atoms with van der Waals surface area (Å²) >= 11 is 0. The van der Waals surface area contributed by atoms with E-state index in [9.17, 15) is 13.2 Å². The van der Waals surface area contributed by atoms with Crippen LogP contribution in [0.25, 0.3) is 0 Å². The van der Waals surface area contributed by atoms with Crippen LogP contribution in [0.2, 0.25) is 0 Å². The Hall–Kier alpha value is -3.14. The average molecular weight is 453 g/mol. The van der Waals surface area contributed by atoms with Gasteiger partial charge in [-0.2, -0.15) is 0 Å². The highest BCUT2D eigenvalue weighted by Gasteiger charge is 2.26. The fourth-order valence-corrected chi connectivity index (χ4v) is 3.80. The summed E-state index contributed by atoms with van der Waals surface area (Å²) in [6.07, 6.45) is 1.04. The lowest BCUT2D eigenvalue weighted by atomic mass is 10.2.